The van der Waals surface area contributed by atoms with Crippen molar-refractivity contribution in [1.29, 1.82) is 0 Å². The lowest BCUT2D eigenvalue weighted by atomic mass is 9.97. The first-order chi connectivity index (χ1) is 17.8. The molecule has 0 amide bonds. The SMILES string of the molecule is COc1ccc2c(cc(C=O)n2CC=C(c2ccccc2)c2ccccc2)c1OCc1ccccc1. The fraction of sp³-hybridized carbons (Fsp3) is 0.0938. The van der Waals surface area contributed by atoms with Gasteiger partial charge < -0.3 is 14.0 Å². The number of ether oxygens (including phenoxy) is 2. The van der Waals surface area contributed by atoms with Crippen molar-refractivity contribution in [1.82, 2.24) is 4.57 Å². The van der Waals surface area contributed by atoms with Crippen LogP contribution >= 0.6 is 0 Å². The Hall–Kier alpha value is -4.57. The highest BCUT2D eigenvalue weighted by atomic mass is 16.5. The van der Waals surface area contributed by atoms with Gasteiger partial charge in [-0.15, -0.1) is 0 Å². The number of methoxy groups -OCH3 is 1. The average molecular weight is 474 g/mol. The summed E-state index contributed by atoms with van der Waals surface area (Å²) in [5.74, 6) is 1.27. The molecule has 5 aromatic rings. The molecule has 4 aromatic carbocycles. The van der Waals surface area contributed by atoms with Crippen LogP contribution in [0.3, 0.4) is 0 Å². The van der Waals surface area contributed by atoms with E-state index in [1.54, 1.807) is 7.11 Å². The zero-order valence-corrected chi connectivity index (χ0v) is 20.1. The number of carbonyl (C=O) groups is 1. The number of allylic oxidation sites excluding steroid dienone is 1. The van der Waals surface area contributed by atoms with Gasteiger partial charge in [0.15, 0.2) is 17.8 Å². The summed E-state index contributed by atoms with van der Waals surface area (Å²) in [4.78, 5) is 12.1. The quantitative estimate of drug-likeness (QED) is 0.213. The fourth-order valence-corrected chi connectivity index (χ4v) is 4.47. The van der Waals surface area contributed by atoms with Gasteiger partial charge in [-0.2, -0.15) is 0 Å². The van der Waals surface area contributed by atoms with Gasteiger partial charge in [-0.1, -0.05) is 97.1 Å². The molecule has 4 heteroatoms. The molecule has 5 rings (SSSR count). The molecule has 0 saturated heterocycles. The van der Waals surface area contributed by atoms with E-state index in [4.69, 9.17) is 9.47 Å². The topological polar surface area (TPSA) is 40.5 Å². The van der Waals surface area contributed by atoms with Crippen LogP contribution in [0, 0.1) is 0 Å². The number of carbonyl (C=O) groups excluding carboxylic acids is 1. The van der Waals surface area contributed by atoms with Gasteiger partial charge in [-0.05, 0) is 40.5 Å². The summed E-state index contributed by atoms with van der Waals surface area (Å²) in [7, 11) is 1.63. The first-order valence-electron chi connectivity index (χ1n) is 11.9. The number of aldehydes is 1. The second-order valence-corrected chi connectivity index (χ2v) is 8.45. The number of benzene rings is 4. The Labute approximate surface area is 211 Å². The van der Waals surface area contributed by atoms with E-state index in [2.05, 4.69) is 30.3 Å². The van der Waals surface area contributed by atoms with Crippen molar-refractivity contribution in [3.05, 3.63) is 138 Å². The van der Waals surface area contributed by atoms with E-state index in [0.29, 0.717) is 30.3 Å². The number of aromatic nitrogens is 1. The van der Waals surface area contributed by atoms with Gasteiger partial charge in [-0.25, -0.2) is 0 Å². The zero-order valence-electron chi connectivity index (χ0n) is 20.1. The molecule has 0 aliphatic rings. The highest BCUT2D eigenvalue weighted by molar-refractivity contribution is 5.95. The molecule has 36 heavy (non-hydrogen) atoms. The molecule has 178 valence electrons. The molecule has 0 N–H and O–H groups in total. The lowest BCUT2D eigenvalue weighted by molar-refractivity contribution is 0.111. The lowest BCUT2D eigenvalue weighted by Gasteiger charge is -2.13. The van der Waals surface area contributed by atoms with Gasteiger partial charge >= 0.3 is 0 Å². The number of hydrogen-bond donors (Lipinski definition) is 0. The summed E-state index contributed by atoms with van der Waals surface area (Å²) in [6, 6.07) is 36.4. The van der Waals surface area contributed by atoms with Crippen LogP contribution in [0.1, 0.15) is 27.2 Å². The predicted molar refractivity (Wildman–Crippen MR) is 145 cm³/mol. The van der Waals surface area contributed by atoms with Gasteiger partial charge in [0.1, 0.15) is 6.61 Å². The number of hydrogen-bond acceptors (Lipinski definition) is 3. The lowest BCUT2D eigenvalue weighted by Crippen LogP contribution is -2.02. The molecule has 0 saturated carbocycles. The highest BCUT2D eigenvalue weighted by Gasteiger charge is 2.17. The van der Waals surface area contributed by atoms with Crippen LogP contribution in [0.15, 0.2) is 115 Å². The van der Waals surface area contributed by atoms with Crippen LogP contribution < -0.4 is 9.47 Å². The van der Waals surface area contributed by atoms with E-state index in [-0.39, 0.29) is 0 Å². The molecule has 1 heterocycles. The normalized spacial score (nSPS) is 10.7. The minimum Gasteiger partial charge on any atom is -0.493 e. The van der Waals surface area contributed by atoms with E-state index in [1.807, 2.05) is 89.5 Å². The van der Waals surface area contributed by atoms with Crippen LogP contribution in [0.5, 0.6) is 11.5 Å². The summed E-state index contributed by atoms with van der Waals surface area (Å²) in [5, 5.41) is 0.849. The number of nitrogens with zero attached hydrogens (tertiary/aromatic N) is 1. The second-order valence-electron chi connectivity index (χ2n) is 8.45. The van der Waals surface area contributed by atoms with Crippen molar-refractivity contribution in [3.8, 4) is 11.5 Å². The van der Waals surface area contributed by atoms with Crippen molar-refractivity contribution in [2.45, 2.75) is 13.2 Å². The smallest absolute Gasteiger partial charge is 0.171 e. The molecule has 0 aliphatic heterocycles. The van der Waals surface area contributed by atoms with Gasteiger partial charge in [0.05, 0.1) is 18.3 Å². The Morgan fingerprint density at radius 1 is 0.806 bits per heavy atom. The Bertz CT molecular complexity index is 1450. The van der Waals surface area contributed by atoms with Crippen molar-refractivity contribution in [3.63, 3.8) is 0 Å². The highest BCUT2D eigenvalue weighted by Crippen LogP contribution is 2.38. The molecule has 0 fully saturated rings. The third-order valence-electron chi connectivity index (χ3n) is 6.25. The molecule has 0 spiro atoms. The second kappa shape index (κ2) is 10.8. The molecule has 1 aromatic heterocycles. The zero-order chi connectivity index (χ0) is 24.7. The van der Waals surface area contributed by atoms with Gasteiger partial charge in [-0.3, -0.25) is 4.79 Å². The molecule has 0 bridgehead atoms. The van der Waals surface area contributed by atoms with Crippen LogP contribution in [-0.4, -0.2) is 18.0 Å². The van der Waals surface area contributed by atoms with E-state index in [1.165, 1.54) is 0 Å². The Morgan fingerprint density at radius 2 is 1.42 bits per heavy atom. The van der Waals surface area contributed by atoms with Crippen LogP contribution in [0.2, 0.25) is 0 Å². The van der Waals surface area contributed by atoms with Crippen molar-refractivity contribution in [2.75, 3.05) is 7.11 Å². The summed E-state index contributed by atoms with van der Waals surface area (Å²) >= 11 is 0. The van der Waals surface area contributed by atoms with Crippen LogP contribution in [0.25, 0.3) is 16.5 Å². The minimum absolute atomic E-state index is 0.407. The van der Waals surface area contributed by atoms with E-state index < -0.39 is 0 Å². The molecule has 0 radical (unpaired) electrons. The van der Waals surface area contributed by atoms with Gasteiger partial charge in [0, 0.05) is 11.9 Å². The Kier molecular flexibility index (Phi) is 6.95. The molecule has 0 aliphatic carbocycles. The molecule has 4 nitrogen and oxygen atoms in total. The number of fused-ring (bicyclic) bond motifs is 1. The maximum atomic E-state index is 12.1. The number of rotatable bonds is 9. The molecular formula is C32H27NO3. The molecule has 0 unspecified atom stereocenters. The summed E-state index contributed by atoms with van der Waals surface area (Å²) in [6.07, 6.45) is 3.07. The predicted octanol–water partition coefficient (Wildman–Crippen LogP) is 7.17. The van der Waals surface area contributed by atoms with E-state index >= 15 is 0 Å². The summed E-state index contributed by atoms with van der Waals surface area (Å²) in [5.41, 5.74) is 5.92. The van der Waals surface area contributed by atoms with E-state index in [9.17, 15) is 4.79 Å². The van der Waals surface area contributed by atoms with Crippen molar-refractivity contribution in [2.24, 2.45) is 0 Å². The first-order valence-corrected chi connectivity index (χ1v) is 11.9. The third kappa shape index (κ3) is 4.80. The summed E-state index contributed by atoms with van der Waals surface area (Å²) in [6.45, 7) is 0.936. The van der Waals surface area contributed by atoms with Crippen molar-refractivity contribution >= 4 is 22.8 Å². The van der Waals surface area contributed by atoms with Gasteiger partial charge in [0.2, 0.25) is 0 Å². The third-order valence-corrected chi connectivity index (χ3v) is 6.25. The van der Waals surface area contributed by atoms with Crippen LogP contribution in [-0.2, 0) is 13.2 Å². The molecular weight excluding hydrogens is 446 g/mol. The van der Waals surface area contributed by atoms with E-state index in [0.717, 1.165) is 39.5 Å². The first kappa shape index (κ1) is 23.2. The maximum Gasteiger partial charge on any atom is 0.171 e. The Balaban J connectivity index is 1.56. The molecule has 0 atom stereocenters. The standard InChI is InChI=1S/C32H27NO3/c1-35-31-18-17-30-29(32(31)36-23-24-11-5-2-6-12-24)21-27(22-34)33(30)20-19-28(25-13-7-3-8-14-25)26-15-9-4-10-16-26/h2-19,21-22H,20,23H2,1H3. The monoisotopic (exact) mass is 473 g/mol. The van der Waals surface area contributed by atoms with Crippen molar-refractivity contribution < 1.29 is 14.3 Å². The van der Waals surface area contributed by atoms with Crippen LogP contribution in [0.4, 0.5) is 0 Å². The summed E-state index contributed by atoms with van der Waals surface area (Å²) < 4.78 is 13.9. The fourth-order valence-electron chi connectivity index (χ4n) is 4.47. The maximum absolute atomic E-state index is 12.1. The minimum atomic E-state index is 0.407. The Morgan fingerprint density at radius 3 is 2.00 bits per heavy atom. The average Bonchev–Trinajstić information content (AvgIpc) is 3.31. The largest absolute Gasteiger partial charge is 0.493 e. The van der Waals surface area contributed by atoms with Gasteiger partial charge in [0.25, 0.3) is 0 Å².